The van der Waals surface area contributed by atoms with Gasteiger partial charge in [-0.1, -0.05) is 42.5 Å². The van der Waals surface area contributed by atoms with E-state index in [0.717, 1.165) is 24.0 Å². The molecular weight excluding hydrogens is 367 g/mol. The summed E-state index contributed by atoms with van der Waals surface area (Å²) in [6, 6.07) is 15.8. The molecule has 0 radical (unpaired) electrons. The number of nitrogens with two attached hydrogens (primary N) is 1. The van der Waals surface area contributed by atoms with Crippen LogP contribution in [0, 0.1) is 5.82 Å². The molecular formula is C21H26ClFN2O2. The summed E-state index contributed by atoms with van der Waals surface area (Å²) < 4.78 is 18.8. The predicted octanol–water partition coefficient (Wildman–Crippen LogP) is 3.50. The van der Waals surface area contributed by atoms with Gasteiger partial charge in [-0.25, -0.2) is 4.39 Å². The lowest BCUT2D eigenvalue weighted by molar-refractivity contribution is -0.122. The van der Waals surface area contributed by atoms with Crippen molar-refractivity contribution in [3.05, 3.63) is 71.5 Å². The Bertz CT molecular complexity index is 719. The number of benzene rings is 2. The fraction of sp³-hybridized carbons (Fsp3) is 0.381. The van der Waals surface area contributed by atoms with Gasteiger partial charge in [0.25, 0.3) is 0 Å². The van der Waals surface area contributed by atoms with Gasteiger partial charge in [-0.2, -0.15) is 0 Å². The summed E-state index contributed by atoms with van der Waals surface area (Å²) in [5.41, 5.74) is 7.90. The summed E-state index contributed by atoms with van der Waals surface area (Å²) in [6.45, 7) is 1.77. The molecule has 0 aliphatic carbocycles. The Kier molecular flexibility index (Phi) is 7.78. The van der Waals surface area contributed by atoms with Crippen molar-refractivity contribution in [2.75, 3.05) is 19.8 Å². The molecule has 6 heteroatoms. The van der Waals surface area contributed by atoms with Gasteiger partial charge in [-0.3, -0.25) is 4.79 Å². The normalized spacial score (nSPS) is 16.8. The average molecular weight is 393 g/mol. The molecule has 146 valence electrons. The average Bonchev–Trinajstić information content (AvgIpc) is 2.68. The van der Waals surface area contributed by atoms with Gasteiger partial charge in [-0.05, 0) is 36.1 Å². The fourth-order valence-electron chi connectivity index (χ4n) is 3.49. The Morgan fingerprint density at radius 1 is 1.11 bits per heavy atom. The highest BCUT2D eigenvalue weighted by Gasteiger charge is 2.35. The van der Waals surface area contributed by atoms with Crippen molar-refractivity contribution in [1.82, 2.24) is 5.32 Å². The molecule has 0 bridgehead atoms. The van der Waals surface area contributed by atoms with Crippen LogP contribution in [0.2, 0.25) is 0 Å². The Labute approximate surface area is 165 Å². The van der Waals surface area contributed by atoms with Crippen LogP contribution in [-0.4, -0.2) is 25.7 Å². The van der Waals surface area contributed by atoms with E-state index in [-0.39, 0.29) is 42.0 Å². The molecule has 1 fully saturated rings. The van der Waals surface area contributed by atoms with E-state index in [9.17, 15) is 9.18 Å². The molecule has 3 rings (SSSR count). The van der Waals surface area contributed by atoms with Gasteiger partial charge in [0, 0.05) is 37.6 Å². The minimum absolute atomic E-state index is 0. The van der Waals surface area contributed by atoms with Crippen LogP contribution in [-0.2, 0) is 14.9 Å². The quantitative estimate of drug-likeness (QED) is 0.790. The second kappa shape index (κ2) is 9.83. The van der Waals surface area contributed by atoms with Crippen molar-refractivity contribution in [3.8, 4) is 0 Å². The number of hydrogen-bond acceptors (Lipinski definition) is 3. The van der Waals surface area contributed by atoms with Crippen molar-refractivity contribution in [1.29, 1.82) is 0 Å². The van der Waals surface area contributed by atoms with E-state index in [1.807, 2.05) is 42.5 Å². The van der Waals surface area contributed by atoms with Crippen LogP contribution in [0.3, 0.4) is 0 Å². The maximum absolute atomic E-state index is 13.3. The monoisotopic (exact) mass is 392 g/mol. The third-order valence-electron chi connectivity index (χ3n) is 5.16. The zero-order valence-corrected chi connectivity index (χ0v) is 16.0. The Hall–Kier alpha value is -1.95. The maximum atomic E-state index is 13.3. The van der Waals surface area contributed by atoms with E-state index in [0.29, 0.717) is 19.8 Å². The highest BCUT2D eigenvalue weighted by molar-refractivity contribution is 5.85. The lowest BCUT2D eigenvalue weighted by Crippen LogP contribution is -2.45. The van der Waals surface area contributed by atoms with Crippen LogP contribution in [0.15, 0.2) is 54.6 Å². The molecule has 0 aromatic heterocycles. The third kappa shape index (κ3) is 5.51. The number of rotatable bonds is 6. The molecule has 1 atom stereocenters. The fourth-order valence-corrected chi connectivity index (χ4v) is 3.49. The van der Waals surface area contributed by atoms with Gasteiger partial charge in [0.1, 0.15) is 5.82 Å². The molecule has 3 N–H and O–H groups in total. The molecule has 2 aromatic carbocycles. The molecule has 27 heavy (non-hydrogen) atoms. The first-order chi connectivity index (χ1) is 12.6. The maximum Gasteiger partial charge on any atom is 0.221 e. The summed E-state index contributed by atoms with van der Waals surface area (Å²) in [5, 5.41) is 3.04. The molecule has 0 spiro atoms. The number of hydrogen-bond donors (Lipinski definition) is 2. The van der Waals surface area contributed by atoms with Gasteiger partial charge in [0.15, 0.2) is 0 Å². The first-order valence-electron chi connectivity index (χ1n) is 9.00. The molecule has 2 aromatic rings. The van der Waals surface area contributed by atoms with Crippen LogP contribution in [0.4, 0.5) is 4.39 Å². The first kappa shape index (κ1) is 21.4. The Balaban J connectivity index is 0.00000261. The van der Waals surface area contributed by atoms with Crippen LogP contribution < -0.4 is 11.1 Å². The summed E-state index contributed by atoms with van der Waals surface area (Å²) in [4.78, 5) is 12.4. The number of carbonyl (C=O) groups excluding carboxylic acids is 1. The van der Waals surface area contributed by atoms with Crippen LogP contribution in [0.25, 0.3) is 0 Å². The lowest BCUT2D eigenvalue weighted by atomic mass is 9.74. The second-order valence-electron chi connectivity index (χ2n) is 6.90. The minimum Gasteiger partial charge on any atom is -0.381 e. The van der Waals surface area contributed by atoms with Gasteiger partial charge < -0.3 is 15.8 Å². The van der Waals surface area contributed by atoms with Crippen molar-refractivity contribution in [3.63, 3.8) is 0 Å². The zero-order valence-electron chi connectivity index (χ0n) is 15.2. The van der Waals surface area contributed by atoms with Gasteiger partial charge in [-0.15, -0.1) is 12.4 Å². The predicted molar refractivity (Wildman–Crippen MR) is 106 cm³/mol. The smallest absolute Gasteiger partial charge is 0.221 e. The summed E-state index contributed by atoms with van der Waals surface area (Å²) in [7, 11) is 0. The van der Waals surface area contributed by atoms with E-state index in [4.69, 9.17) is 10.5 Å². The molecule has 1 heterocycles. The molecule has 1 saturated heterocycles. The topological polar surface area (TPSA) is 64.4 Å². The molecule has 1 aliphatic rings. The third-order valence-corrected chi connectivity index (χ3v) is 5.16. The summed E-state index contributed by atoms with van der Waals surface area (Å²) in [5.74, 6) is -0.330. The van der Waals surface area contributed by atoms with Gasteiger partial charge in [0.2, 0.25) is 5.91 Å². The summed E-state index contributed by atoms with van der Waals surface area (Å²) >= 11 is 0. The second-order valence-corrected chi connectivity index (χ2v) is 6.90. The lowest BCUT2D eigenvalue weighted by Gasteiger charge is -2.38. The number of ether oxygens (including phenoxy) is 1. The Morgan fingerprint density at radius 2 is 1.74 bits per heavy atom. The van der Waals surface area contributed by atoms with Crippen LogP contribution in [0.1, 0.15) is 36.4 Å². The van der Waals surface area contributed by atoms with Crippen molar-refractivity contribution < 1.29 is 13.9 Å². The van der Waals surface area contributed by atoms with E-state index in [1.165, 1.54) is 12.1 Å². The van der Waals surface area contributed by atoms with E-state index >= 15 is 0 Å². The number of halogens is 2. The van der Waals surface area contributed by atoms with Crippen molar-refractivity contribution in [2.45, 2.75) is 30.7 Å². The van der Waals surface area contributed by atoms with Crippen LogP contribution >= 0.6 is 12.4 Å². The highest BCUT2D eigenvalue weighted by atomic mass is 35.5. The van der Waals surface area contributed by atoms with E-state index in [1.54, 1.807) is 0 Å². The summed E-state index contributed by atoms with van der Waals surface area (Å²) in [6.07, 6.45) is 1.83. The molecule has 0 saturated carbocycles. The van der Waals surface area contributed by atoms with Crippen molar-refractivity contribution >= 4 is 18.3 Å². The zero-order chi connectivity index (χ0) is 18.4. The SMILES string of the molecule is Cl.NC(CC(=O)NCC1(c2ccc(F)cc2)CCOCC1)c1ccccc1. The highest BCUT2D eigenvalue weighted by Crippen LogP contribution is 2.34. The number of nitrogens with one attached hydrogen (secondary N) is 1. The Morgan fingerprint density at radius 3 is 2.37 bits per heavy atom. The molecule has 1 unspecified atom stereocenters. The van der Waals surface area contributed by atoms with Crippen LogP contribution in [0.5, 0.6) is 0 Å². The minimum atomic E-state index is -0.326. The van der Waals surface area contributed by atoms with E-state index in [2.05, 4.69) is 5.32 Å². The molecule has 4 nitrogen and oxygen atoms in total. The van der Waals surface area contributed by atoms with Crippen molar-refractivity contribution in [2.24, 2.45) is 5.73 Å². The number of carbonyl (C=O) groups is 1. The van der Waals surface area contributed by atoms with Gasteiger partial charge in [0.05, 0.1) is 0 Å². The number of amides is 1. The molecule has 1 amide bonds. The van der Waals surface area contributed by atoms with Gasteiger partial charge >= 0.3 is 0 Å². The largest absolute Gasteiger partial charge is 0.381 e. The molecule has 1 aliphatic heterocycles. The standard InChI is InChI=1S/C21H25FN2O2.ClH/c22-18-8-6-17(7-9-18)21(10-12-26-13-11-21)15-24-20(25)14-19(23)16-4-2-1-3-5-16;/h1-9,19H,10-15,23H2,(H,24,25);1H. The first-order valence-corrected chi connectivity index (χ1v) is 9.00. The van der Waals surface area contributed by atoms with E-state index < -0.39 is 0 Å².